The van der Waals surface area contributed by atoms with Crippen molar-refractivity contribution < 1.29 is 9.18 Å². The minimum absolute atomic E-state index is 0.0460. The number of hydrogen-bond donors (Lipinski definition) is 2. The third kappa shape index (κ3) is 4.30. The van der Waals surface area contributed by atoms with Gasteiger partial charge in [0.2, 0.25) is 5.91 Å². The monoisotopic (exact) mass is 429 g/mol. The number of aromatic amines is 1. The van der Waals surface area contributed by atoms with E-state index in [-0.39, 0.29) is 17.0 Å². The summed E-state index contributed by atoms with van der Waals surface area (Å²) in [5.74, 6) is -0.613. The predicted octanol–water partition coefficient (Wildman–Crippen LogP) is 3.61. The Kier molecular flexibility index (Phi) is 5.32. The minimum Gasteiger partial charge on any atom is -0.323 e. The van der Waals surface area contributed by atoms with Crippen LogP contribution in [0.4, 0.5) is 10.1 Å². The quantitative estimate of drug-likeness (QED) is 0.473. The van der Waals surface area contributed by atoms with Gasteiger partial charge < -0.3 is 5.32 Å². The number of carbonyl (C=O) groups excluding carboxylic acids is 1. The van der Waals surface area contributed by atoms with E-state index >= 15 is 0 Å². The average Bonchev–Trinajstić information content (AvgIpc) is 3.08. The van der Waals surface area contributed by atoms with Crippen LogP contribution in [0.25, 0.3) is 17.0 Å². The van der Waals surface area contributed by atoms with Gasteiger partial charge in [-0.1, -0.05) is 47.6 Å². The molecular formula is C19H13ClFN5O2S. The molecule has 146 valence electrons. The Bertz CT molecular complexity index is 1270. The number of para-hydroxylation sites is 1. The number of halogens is 2. The van der Waals surface area contributed by atoms with Crippen LogP contribution in [0.3, 0.4) is 0 Å². The Morgan fingerprint density at radius 1 is 1.17 bits per heavy atom. The topological polar surface area (TPSA) is 92.2 Å². The van der Waals surface area contributed by atoms with Gasteiger partial charge in [0.25, 0.3) is 5.56 Å². The molecule has 0 aliphatic rings. The van der Waals surface area contributed by atoms with Gasteiger partial charge in [0, 0.05) is 16.7 Å². The van der Waals surface area contributed by atoms with Crippen molar-refractivity contribution in [1.82, 2.24) is 19.6 Å². The molecule has 7 nitrogen and oxygen atoms in total. The summed E-state index contributed by atoms with van der Waals surface area (Å²) in [4.78, 5) is 32.8. The van der Waals surface area contributed by atoms with Crippen LogP contribution in [0.15, 0.2) is 64.5 Å². The number of thioether (sulfide) groups is 1. The first-order valence-electron chi connectivity index (χ1n) is 8.42. The van der Waals surface area contributed by atoms with Gasteiger partial charge >= 0.3 is 0 Å². The van der Waals surface area contributed by atoms with Crippen LogP contribution in [0.1, 0.15) is 0 Å². The average molecular weight is 430 g/mol. The molecule has 4 rings (SSSR count). The first-order chi connectivity index (χ1) is 14.0. The highest BCUT2D eigenvalue weighted by molar-refractivity contribution is 7.99. The molecule has 2 aromatic heterocycles. The first kappa shape index (κ1) is 19.2. The number of nitrogens with one attached hydrogen (secondary N) is 2. The van der Waals surface area contributed by atoms with Crippen molar-refractivity contribution in [3.63, 3.8) is 0 Å². The van der Waals surface area contributed by atoms with Crippen molar-refractivity contribution >= 4 is 40.6 Å². The SMILES string of the molecule is O=C(CSc1nc(-c2cccc(Cl)c2)nc2cc(=O)[nH]n12)Nc1ccccc1F. The second-order valence-corrected chi connectivity index (χ2v) is 7.35. The number of fused-ring (bicyclic) bond motifs is 1. The molecule has 0 unspecified atom stereocenters. The van der Waals surface area contributed by atoms with Gasteiger partial charge in [0.05, 0.1) is 11.4 Å². The predicted molar refractivity (Wildman–Crippen MR) is 110 cm³/mol. The molecule has 0 aliphatic carbocycles. The lowest BCUT2D eigenvalue weighted by molar-refractivity contribution is -0.113. The van der Waals surface area contributed by atoms with Crippen LogP contribution >= 0.6 is 23.4 Å². The zero-order chi connectivity index (χ0) is 20.4. The Morgan fingerprint density at radius 2 is 2.00 bits per heavy atom. The molecule has 0 saturated carbocycles. The Balaban J connectivity index is 1.61. The van der Waals surface area contributed by atoms with E-state index in [1.807, 2.05) is 0 Å². The van der Waals surface area contributed by atoms with Gasteiger partial charge in [0.1, 0.15) is 5.82 Å². The standard InChI is InChI=1S/C19H13ClFN5O2S/c20-12-5-3-4-11(8-12)18-23-15-9-16(27)25-26(15)19(24-18)29-10-17(28)22-14-7-2-1-6-13(14)21/h1-9H,10H2,(H,22,28)(H,25,27). The molecule has 10 heteroatoms. The van der Waals surface area contributed by atoms with Crippen molar-refractivity contribution in [3.8, 4) is 11.4 Å². The van der Waals surface area contributed by atoms with Gasteiger partial charge in [-0.05, 0) is 24.3 Å². The van der Waals surface area contributed by atoms with Crippen molar-refractivity contribution in [1.29, 1.82) is 0 Å². The van der Waals surface area contributed by atoms with Gasteiger partial charge in [-0.15, -0.1) is 0 Å². The van der Waals surface area contributed by atoms with E-state index in [9.17, 15) is 14.0 Å². The van der Waals surface area contributed by atoms with E-state index in [2.05, 4.69) is 20.4 Å². The number of benzene rings is 2. The maximum Gasteiger partial charge on any atom is 0.266 e. The zero-order valence-electron chi connectivity index (χ0n) is 14.7. The smallest absolute Gasteiger partial charge is 0.266 e. The summed E-state index contributed by atoms with van der Waals surface area (Å²) in [5, 5.41) is 5.99. The van der Waals surface area contributed by atoms with Gasteiger partial charge in [-0.3, -0.25) is 14.7 Å². The number of anilines is 1. The molecule has 2 N–H and O–H groups in total. The first-order valence-corrected chi connectivity index (χ1v) is 9.79. The minimum atomic E-state index is -0.520. The fraction of sp³-hybridized carbons (Fsp3) is 0.0526. The molecule has 0 aliphatic heterocycles. The van der Waals surface area contributed by atoms with E-state index < -0.39 is 11.7 Å². The van der Waals surface area contributed by atoms with Gasteiger partial charge in [-0.25, -0.2) is 18.9 Å². The number of aromatic nitrogens is 4. The number of carbonyl (C=O) groups is 1. The lowest BCUT2D eigenvalue weighted by atomic mass is 10.2. The summed E-state index contributed by atoms with van der Waals surface area (Å²) in [6.45, 7) is 0. The van der Waals surface area contributed by atoms with Crippen molar-refractivity contribution in [2.75, 3.05) is 11.1 Å². The molecular weight excluding hydrogens is 417 g/mol. The maximum atomic E-state index is 13.7. The van der Waals surface area contributed by atoms with Crippen LogP contribution in [-0.4, -0.2) is 31.2 Å². The van der Waals surface area contributed by atoms with Crippen molar-refractivity contribution in [2.24, 2.45) is 0 Å². The number of nitrogens with zero attached hydrogens (tertiary/aromatic N) is 3. The molecule has 4 aromatic rings. The molecule has 0 bridgehead atoms. The summed E-state index contributed by atoms with van der Waals surface area (Å²) in [6, 6.07) is 14.2. The van der Waals surface area contributed by atoms with Gasteiger partial charge in [0.15, 0.2) is 16.6 Å². The highest BCUT2D eigenvalue weighted by Gasteiger charge is 2.14. The molecule has 1 amide bonds. The fourth-order valence-electron chi connectivity index (χ4n) is 2.62. The second kappa shape index (κ2) is 8.06. The lowest BCUT2D eigenvalue weighted by Crippen LogP contribution is -2.16. The summed E-state index contributed by atoms with van der Waals surface area (Å²) >= 11 is 7.13. The van der Waals surface area contributed by atoms with Crippen molar-refractivity contribution in [3.05, 3.63) is 75.8 Å². The van der Waals surface area contributed by atoms with Crippen LogP contribution in [0.2, 0.25) is 5.02 Å². The molecule has 0 atom stereocenters. The highest BCUT2D eigenvalue weighted by atomic mass is 35.5. The van der Waals surface area contributed by atoms with E-state index in [0.717, 1.165) is 11.8 Å². The molecule has 0 radical (unpaired) electrons. The summed E-state index contributed by atoms with van der Waals surface area (Å²) in [6.07, 6.45) is 0. The Hall–Kier alpha value is -3.17. The van der Waals surface area contributed by atoms with E-state index in [0.29, 0.717) is 27.2 Å². The third-order valence-corrected chi connectivity index (χ3v) is 5.06. The fourth-order valence-corrected chi connectivity index (χ4v) is 3.56. The molecule has 0 fully saturated rings. The second-order valence-electron chi connectivity index (χ2n) is 5.97. The van der Waals surface area contributed by atoms with Crippen LogP contribution in [0, 0.1) is 5.82 Å². The summed E-state index contributed by atoms with van der Waals surface area (Å²) in [7, 11) is 0. The molecule has 2 heterocycles. The number of hydrogen-bond acceptors (Lipinski definition) is 5. The maximum absolute atomic E-state index is 13.7. The lowest BCUT2D eigenvalue weighted by Gasteiger charge is -2.08. The van der Waals surface area contributed by atoms with Gasteiger partial charge in [-0.2, -0.15) is 0 Å². The van der Waals surface area contributed by atoms with Crippen LogP contribution in [0.5, 0.6) is 0 Å². The van der Waals surface area contributed by atoms with Crippen LogP contribution < -0.4 is 10.9 Å². The highest BCUT2D eigenvalue weighted by Crippen LogP contribution is 2.24. The van der Waals surface area contributed by atoms with E-state index in [1.54, 1.807) is 30.3 Å². The van der Waals surface area contributed by atoms with Crippen molar-refractivity contribution in [2.45, 2.75) is 5.16 Å². The Labute approximate surface area is 172 Å². The Morgan fingerprint density at radius 3 is 2.79 bits per heavy atom. The molecule has 29 heavy (non-hydrogen) atoms. The molecule has 2 aromatic carbocycles. The number of rotatable bonds is 5. The molecule has 0 spiro atoms. The van der Waals surface area contributed by atoms with Crippen LogP contribution in [-0.2, 0) is 4.79 Å². The third-order valence-electron chi connectivity index (χ3n) is 3.89. The normalized spacial score (nSPS) is 11.0. The zero-order valence-corrected chi connectivity index (χ0v) is 16.3. The largest absolute Gasteiger partial charge is 0.323 e. The summed E-state index contributed by atoms with van der Waals surface area (Å²) < 4.78 is 15.1. The number of amides is 1. The number of H-pyrrole nitrogens is 1. The van der Waals surface area contributed by atoms with E-state index in [4.69, 9.17) is 11.6 Å². The van der Waals surface area contributed by atoms with E-state index in [1.165, 1.54) is 28.8 Å². The molecule has 0 saturated heterocycles. The summed E-state index contributed by atoms with van der Waals surface area (Å²) in [5.41, 5.74) is 0.781.